The van der Waals surface area contributed by atoms with Gasteiger partial charge in [0, 0.05) is 19.5 Å². The molecule has 108 valence electrons. The Labute approximate surface area is 115 Å². The molecule has 1 saturated carbocycles. The molecule has 2 rings (SSSR count). The van der Waals surface area contributed by atoms with Crippen LogP contribution in [0.2, 0.25) is 0 Å². The standard InChI is InChI=1S/C15H25NO3/c1-12-6-9-16(11-12)13(17)10-15(14(18)19)7-4-2-3-5-8-15/h12H,2-11H2,1H3,(H,18,19). The van der Waals surface area contributed by atoms with Crippen molar-refractivity contribution in [3.05, 3.63) is 0 Å². The average Bonchev–Trinajstić information content (AvgIpc) is 2.65. The molecule has 1 atom stereocenters. The van der Waals surface area contributed by atoms with E-state index in [0.29, 0.717) is 18.8 Å². The number of amides is 1. The molecular formula is C15H25NO3. The normalized spacial score (nSPS) is 27.0. The summed E-state index contributed by atoms with van der Waals surface area (Å²) in [4.78, 5) is 25.9. The summed E-state index contributed by atoms with van der Waals surface area (Å²) in [6.07, 6.45) is 6.66. The highest BCUT2D eigenvalue weighted by molar-refractivity contribution is 5.85. The first-order valence-corrected chi connectivity index (χ1v) is 7.55. The van der Waals surface area contributed by atoms with Crippen LogP contribution in [0.4, 0.5) is 0 Å². The van der Waals surface area contributed by atoms with E-state index in [-0.39, 0.29) is 12.3 Å². The summed E-state index contributed by atoms with van der Waals surface area (Å²) in [7, 11) is 0. The molecule has 1 amide bonds. The van der Waals surface area contributed by atoms with Crippen LogP contribution in [0, 0.1) is 11.3 Å². The molecule has 0 aromatic rings. The zero-order valence-corrected chi connectivity index (χ0v) is 11.9. The van der Waals surface area contributed by atoms with E-state index in [1.165, 1.54) is 0 Å². The molecule has 4 heteroatoms. The zero-order valence-electron chi connectivity index (χ0n) is 11.9. The number of carboxylic acid groups (broad SMARTS) is 1. The molecule has 0 spiro atoms. The Morgan fingerprint density at radius 1 is 1.21 bits per heavy atom. The number of aliphatic carboxylic acids is 1. The maximum absolute atomic E-state index is 12.3. The topological polar surface area (TPSA) is 57.6 Å². The van der Waals surface area contributed by atoms with Gasteiger partial charge in [-0.15, -0.1) is 0 Å². The summed E-state index contributed by atoms with van der Waals surface area (Å²) in [6, 6.07) is 0. The number of carbonyl (C=O) groups excluding carboxylic acids is 1. The predicted molar refractivity (Wildman–Crippen MR) is 72.7 cm³/mol. The van der Waals surface area contributed by atoms with Crippen LogP contribution in [-0.4, -0.2) is 35.0 Å². The number of rotatable bonds is 3. The van der Waals surface area contributed by atoms with E-state index in [4.69, 9.17) is 0 Å². The van der Waals surface area contributed by atoms with E-state index >= 15 is 0 Å². The van der Waals surface area contributed by atoms with E-state index in [0.717, 1.165) is 45.2 Å². The van der Waals surface area contributed by atoms with Crippen LogP contribution in [0.5, 0.6) is 0 Å². The molecule has 1 aliphatic carbocycles. The summed E-state index contributed by atoms with van der Waals surface area (Å²) in [5.41, 5.74) is -0.792. The van der Waals surface area contributed by atoms with Crippen LogP contribution in [0.15, 0.2) is 0 Å². The maximum atomic E-state index is 12.3. The lowest BCUT2D eigenvalue weighted by Crippen LogP contribution is -2.39. The lowest BCUT2D eigenvalue weighted by atomic mass is 9.77. The van der Waals surface area contributed by atoms with Crippen molar-refractivity contribution in [3.8, 4) is 0 Å². The van der Waals surface area contributed by atoms with Gasteiger partial charge in [-0.25, -0.2) is 0 Å². The maximum Gasteiger partial charge on any atom is 0.310 e. The number of nitrogens with zero attached hydrogens (tertiary/aromatic N) is 1. The van der Waals surface area contributed by atoms with Gasteiger partial charge in [-0.2, -0.15) is 0 Å². The highest BCUT2D eigenvalue weighted by Gasteiger charge is 2.42. The third-order valence-corrected chi connectivity index (χ3v) is 4.78. The van der Waals surface area contributed by atoms with Crippen molar-refractivity contribution < 1.29 is 14.7 Å². The van der Waals surface area contributed by atoms with Crippen LogP contribution < -0.4 is 0 Å². The molecule has 2 fully saturated rings. The van der Waals surface area contributed by atoms with E-state index in [9.17, 15) is 14.7 Å². The fraction of sp³-hybridized carbons (Fsp3) is 0.867. The summed E-state index contributed by atoms with van der Waals surface area (Å²) in [6.45, 7) is 3.75. The molecule has 2 aliphatic rings. The van der Waals surface area contributed by atoms with Crippen LogP contribution in [0.3, 0.4) is 0 Å². The van der Waals surface area contributed by atoms with Crippen LogP contribution in [0.1, 0.15) is 58.3 Å². The van der Waals surface area contributed by atoms with E-state index in [1.54, 1.807) is 0 Å². The Morgan fingerprint density at radius 3 is 2.32 bits per heavy atom. The van der Waals surface area contributed by atoms with E-state index in [1.807, 2.05) is 4.90 Å². The predicted octanol–water partition coefficient (Wildman–Crippen LogP) is 2.67. The minimum atomic E-state index is -0.792. The fourth-order valence-electron chi connectivity index (χ4n) is 3.43. The highest BCUT2D eigenvalue weighted by Crippen LogP contribution is 2.39. The Morgan fingerprint density at radius 2 is 1.84 bits per heavy atom. The number of likely N-dealkylation sites (tertiary alicyclic amines) is 1. The smallest absolute Gasteiger partial charge is 0.310 e. The molecule has 1 unspecified atom stereocenters. The third kappa shape index (κ3) is 3.28. The van der Waals surface area contributed by atoms with Gasteiger partial charge in [0.1, 0.15) is 0 Å². The lowest BCUT2D eigenvalue weighted by molar-refractivity contribution is -0.154. The number of hydrogen-bond donors (Lipinski definition) is 1. The Balaban J connectivity index is 2.03. The molecule has 0 aromatic heterocycles. The molecule has 0 radical (unpaired) electrons. The Hall–Kier alpha value is -1.06. The van der Waals surface area contributed by atoms with Crippen molar-refractivity contribution in [1.82, 2.24) is 4.90 Å². The summed E-state index contributed by atoms with van der Waals surface area (Å²) in [5.74, 6) is -0.164. The molecule has 4 nitrogen and oxygen atoms in total. The molecule has 1 N–H and O–H groups in total. The van der Waals surface area contributed by atoms with Gasteiger partial charge in [-0.3, -0.25) is 9.59 Å². The minimum absolute atomic E-state index is 0.0497. The van der Waals surface area contributed by atoms with E-state index in [2.05, 4.69) is 6.92 Å². The van der Waals surface area contributed by atoms with Crippen molar-refractivity contribution in [2.24, 2.45) is 11.3 Å². The van der Waals surface area contributed by atoms with Gasteiger partial charge >= 0.3 is 5.97 Å². The van der Waals surface area contributed by atoms with Crippen molar-refractivity contribution in [1.29, 1.82) is 0 Å². The molecule has 1 saturated heterocycles. The molecule has 0 bridgehead atoms. The zero-order chi connectivity index (χ0) is 13.9. The van der Waals surface area contributed by atoms with Gasteiger partial charge in [-0.05, 0) is 25.2 Å². The lowest BCUT2D eigenvalue weighted by Gasteiger charge is -2.29. The van der Waals surface area contributed by atoms with Crippen molar-refractivity contribution in [2.45, 2.75) is 58.3 Å². The van der Waals surface area contributed by atoms with Gasteiger partial charge in [0.2, 0.25) is 5.91 Å². The van der Waals surface area contributed by atoms with Crippen molar-refractivity contribution in [3.63, 3.8) is 0 Å². The first-order valence-electron chi connectivity index (χ1n) is 7.55. The van der Waals surface area contributed by atoms with Crippen molar-refractivity contribution in [2.75, 3.05) is 13.1 Å². The Bertz CT molecular complexity index is 345. The molecule has 1 aliphatic heterocycles. The van der Waals surface area contributed by atoms with Gasteiger partial charge in [0.25, 0.3) is 0 Å². The van der Waals surface area contributed by atoms with Gasteiger partial charge < -0.3 is 10.0 Å². The quantitative estimate of drug-likeness (QED) is 0.800. The SMILES string of the molecule is CC1CCN(C(=O)CC2(C(=O)O)CCCCCC2)C1. The average molecular weight is 267 g/mol. The van der Waals surface area contributed by atoms with Gasteiger partial charge in [0.05, 0.1) is 5.41 Å². The third-order valence-electron chi connectivity index (χ3n) is 4.78. The Kier molecular flexibility index (Phi) is 4.48. The number of hydrogen-bond acceptors (Lipinski definition) is 2. The largest absolute Gasteiger partial charge is 0.481 e. The fourth-order valence-corrected chi connectivity index (χ4v) is 3.43. The summed E-state index contributed by atoms with van der Waals surface area (Å²) >= 11 is 0. The first kappa shape index (κ1) is 14.4. The first-order chi connectivity index (χ1) is 9.03. The number of carbonyl (C=O) groups is 2. The monoisotopic (exact) mass is 267 g/mol. The van der Waals surface area contributed by atoms with Crippen LogP contribution in [0.25, 0.3) is 0 Å². The second-order valence-electron chi connectivity index (χ2n) is 6.41. The highest BCUT2D eigenvalue weighted by atomic mass is 16.4. The molecule has 19 heavy (non-hydrogen) atoms. The summed E-state index contributed by atoms with van der Waals surface area (Å²) in [5, 5.41) is 9.59. The van der Waals surface area contributed by atoms with E-state index < -0.39 is 11.4 Å². The molecular weight excluding hydrogens is 242 g/mol. The van der Waals surface area contributed by atoms with Crippen LogP contribution in [-0.2, 0) is 9.59 Å². The molecule has 0 aromatic carbocycles. The van der Waals surface area contributed by atoms with Gasteiger partial charge in [0.15, 0.2) is 0 Å². The summed E-state index contributed by atoms with van der Waals surface area (Å²) < 4.78 is 0. The van der Waals surface area contributed by atoms with Gasteiger partial charge in [-0.1, -0.05) is 32.6 Å². The van der Waals surface area contributed by atoms with Crippen LogP contribution >= 0.6 is 0 Å². The number of carboxylic acids is 1. The second kappa shape index (κ2) is 5.93. The molecule has 1 heterocycles. The van der Waals surface area contributed by atoms with Crippen molar-refractivity contribution >= 4 is 11.9 Å². The second-order valence-corrected chi connectivity index (χ2v) is 6.41. The minimum Gasteiger partial charge on any atom is -0.481 e.